The third kappa shape index (κ3) is 2.63. The van der Waals surface area contributed by atoms with Crippen LogP contribution in [0, 0.1) is 11.3 Å². The quantitative estimate of drug-likeness (QED) is 0.607. The van der Waals surface area contributed by atoms with Crippen LogP contribution in [-0.2, 0) is 6.18 Å². The van der Waals surface area contributed by atoms with E-state index < -0.39 is 33.7 Å². The van der Waals surface area contributed by atoms with Gasteiger partial charge in [0, 0.05) is 11.1 Å². The van der Waals surface area contributed by atoms with E-state index in [9.17, 15) is 22.8 Å². The molecule has 17 heavy (non-hydrogen) atoms. The van der Waals surface area contributed by atoms with Gasteiger partial charge in [-0.3, -0.25) is 9.59 Å². The molecule has 1 aromatic carbocycles. The molecule has 0 aromatic heterocycles. The van der Waals surface area contributed by atoms with Crippen molar-refractivity contribution in [1.82, 2.24) is 0 Å². The Balaban J connectivity index is 3.62. The van der Waals surface area contributed by atoms with Gasteiger partial charge in [0.05, 0.1) is 17.2 Å². The van der Waals surface area contributed by atoms with E-state index in [1.807, 2.05) is 0 Å². The average Bonchev–Trinajstić information content (AvgIpc) is 2.25. The summed E-state index contributed by atoms with van der Waals surface area (Å²) in [7, 11) is 0. The molecule has 0 fully saturated rings. The molecule has 0 aliphatic carbocycles. The van der Waals surface area contributed by atoms with E-state index in [4.69, 9.17) is 16.9 Å². The number of rotatable bonds is 2. The summed E-state index contributed by atoms with van der Waals surface area (Å²) in [5.74, 6) is 0. The Bertz CT molecular complexity index is 532. The predicted molar refractivity (Wildman–Crippen MR) is 51.7 cm³/mol. The molecule has 0 bridgehead atoms. The van der Waals surface area contributed by atoms with Crippen LogP contribution < -0.4 is 0 Å². The van der Waals surface area contributed by atoms with Gasteiger partial charge in [0.15, 0.2) is 6.29 Å². The molecule has 0 heterocycles. The molecule has 0 unspecified atom stereocenters. The Labute approximate surface area is 98.4 Å². The van der Waals surface area contributed by atoms with Crippen LogP contribution in [-0.4, -0.2) is 11.5 Å². The number of benzene rings is 1. The first-order chi connectivity index (χ1) is 7.81. The summed E-state index contributed by atoms with van der Waals surface area (Å²) < 4.78 is 37.5. The number of halogens is 4. The number of carbonyl (C=O) groups excluding carboxylic acids is 2. The first-order valence-corrected chi connectivity index (χ1v) is 4.49. The highest BCUT2D eigenvalue weighted by atomic mass is 35.5. The molecule has 0 radical (unpaired) electrons. The van der Waals surface area contributed by atoms with Crippen molar-refractivity contribution >= 4 is 23.1 Å². The maximum Gasteiger partial charge on any atom is 0.417 e. The number of aldehydes is 1. The van der Waals surface area contributed by atoms with E-state index in [1.54, 1.807) is 0 Å². The lowest BCUT2D eigenvalue weighted by molar-refractivity contribution is -0.137. The zero-order valence-electron chi connectivity index (χ0n) is 8.01. The highest BCUT2D eigenvalue weighted by Gasteiger charge is 2.34. The molecule has 0 atom stereocenters. The Morgan fingerprint density at radius 1 is 1.41 bits per heavy atom. The fourth-order valence-corrected chi connectivity index (χ4v) is 1.37. The van der Waals surface area contributed by atoms with Gasteiger partial charge in [-0.1, -0.05) is 0 Å². The largest absolute Gasteiger partial charge is 0.417 e. The Morgan fingerprint density at radius 3 is 2.35 bits per heavy atom. The van der Waals surface area contributed by atoms with Crippen molar-refractivity contribution in [3.8, 4) is 6.07 Å². The van der Waals surface area contributed by atoms with Crippen molar-refractivity contribution in [2.24, 2.45) is 0 Å². The normalized spacial score (nSPS) is 10.8. The lowest BCUT2D eigenvalue weighted by Crippen LogP contribution is -2.11. The van der Waals surface area contributed by atoms with Gasteiger partial charge < -0.3 is 0 Å². The van der Waals surface area contributed by atoms with Crippen LogP contribution >= 0.6 is 11.6 Å². The van der Waals surface area contributed by atoms with E-state index >= 15 is 0 Å². The molecule has 88 valence electrons. The van der Waals surface area contributed by atoms with Gasteiger partial charge in [-0.15, -0.1) is 0 Å². The second-order valence-electron chi connectivity index (χ2n) is 2.99. The number of hydrogen-bond acceptors (Lipinski definition) is 3. The molecule has 0 N–H and O–H groups in total. The summed E-state index contributed by atoms with van der Waals surface area (Å²) in [5.41, 5.74) is -2.96. The zero-order valence-corrected chi connectivity index (χ0v) is 8.76. The van der Waals surface area contributed by atoms with E-state index in [1.165, 1.54) is 6.07 Å². The molecule has 1 rings (SSSR count). The summed E-state index contributed by atoms with van der Waals surface area (Å²) in [4.78, 5) is 21.4. The third-order valence-electron chi connectivity index (χ3n) is 1.95. The van der Waals surface area contributed by atoms with Crippen LogP contribution in [0.4, 0.5) is 13.2 Å². The van der Waals surface area contributed by atoms with Gasteiger partial charge in [0.1, 0.15) is 0 Å². The number of hydrogen-bond donors (Lipinski definition) is 0. The van der Waals surface area contributed by atoms with Crippen LogP contribution in [0.1, 0.15) is 31.8 Å². The van der Waals surface area contributed by atoms with E-state index in [0.29, 0.717) is 12.1 Å². The van der Waals surface area contributed by atoms with Crippen LogP contribution in [0.25, 0.3) is 0 Å². The monoisotopic (exact) mass is 261 g/mol. The number of nitriles is 1. The van der Waals surface area contributed by atoms with Crippen molar-refractivity contribution in [2.45, 2.75) is 6.18 Å². The third-order valence-corrected chi connectivity index (χ3v) is 2.16. The van der Waals surface area contributed by atoms with Gasteiger partial charge >= 0.3 is 6.18 Å². The summed E-state index contributed by atoms with van der Waals surface area (Å²) in [6.45, 7) is 0. The maximum absolute atomic E-state index is 12.5. The van der Waals surface area contributed by atoms with Gasteiger partial charge in [0.2, 0.25) is 0 Å². The van der Waals surface area contributed by atoms with Crippen LogP contribution in [0.5, 0.6) is 0 Å². The van der Waals surface area contributed by atoms with Crippen molar-refractivity contribution in [3.63, 3.8) is 0 Å². The maximum atomic E-state index is 12.5. The fourth-order valence-electron chi connectivity index (χ4n) is 1.21. The molecule has 0 aliphatic rings. The molecule has 0 saturated carbocycles. The van der Waals surface area contributed by atoms with Gasteiger partial charge in [-0.25, -0.2) is 0 Å². The molecular weight excluding hydrogens is 259 g/mol. The predicted octanol–water partition coefficient (Wildman–Crippen LogP) is 2.77. The number of alkyl halides is 3. The fraction of sp³-hybridized carbons (Fsp3) is 0.100. The number of carbonyl (C=O) groups is 2. The van der Waals surface area contributed by atoms with Crippen molar-refractivity contribution in [3.05, 3.63) is 34.4 Å². The Morgan fingerprint density at radius 2 is 2.00 bits per heavy atom. The molecule has 0 saturated heterocycles. The van der Waals surface area contributed by atoms with Gasteiger partial charge in [-0.05, 0) is 23.7 Å². The summed E-state index contributed by atoms with van der Waals surface area (Å²) in [5, 5.41) is 7.46. The van der Waals surface area contributed by atoms with Gasteiger partial charge in [0.25, 0.3) is 5.24 Å². The molecule has 1 aromatic rings. The molecule has 0 spiro atoms. The Hall–Kier alpha value is -1.87. The molecular formula is C10H3ClF3NO2. The minimum Gasteiger partial charge on any atom is -0.298 e. The summed E-state index contributed by atoms with van der Waals surface area (Å²) in [6, 6.07) is 2.39. The van der Waals surface area contributed by atoms with Crippen LogP contribution in [0.2, 0.25) is 0 Å². The molecule has 7 heteroatoms. The first kappa shape index (κ1) is 13.2. The topological polar surface area (TPSA) is 57.9 Å². The SMILES string of the molecule is N#Cc1cc(C(=O)Cl)c(C=O)cc1C(F)(F)F. The summed E-state index contributed by atoms with van der Waals surface area (Å²) >= 11 is 5.09. The minimum atomic E-state index is -4.78. The second kappa shape index (κ2) is 4.55. The zero-order chi connectivity index (χ0) is 13.2. The van der Waals surface area contributed by atoms with Gasteiger partial charge in [-0.2, -0.15) is 18.4 Å². The first-order valence-electron chi connectivity index (χ1n) is 4.11. The van der Waals surface area contributed by atoms with Crippen LogP contribution in [0.15, 0.2) is 12.1 Å². The highest BCUT2D eigenvalue weighted by molar-refractivity contribution is 6.68. The second-order valence-corrected chi connectivity index (χ2v) is 3.33. The number of nitrogens with zero attached hydrogens (tertiary/aromatic N) is 1. The van der Waals surface area contributed by atoms with Crippen LogP contribution in [0.3, 0.4) is 0 Å². The van der Waals surface area contributed by atoms with Crippen molar-refractivity contribution in [2.75, 3.05) is 0 Å². The lowest BCUT2D eigenvalue weighted by Gasteiger charge is -2.10. The minimum absolute atomic E-state index is 0.0754. The van der Waals surface area contributed by atoms with E-state index in [-0.39, 0.29) is 6.29 Å². The molecule has 0 amide bonds. The average molecular weight is 262 g/mol. The lowest BCUT2D eigenvalue weighted by atomic mass is 10.00. The summed E-state index contributed by atoms with van der Waals surface area (Å²) in [6.07, 6.45) is -4.71. The Kier molecular flexibility index (Phi) is 3.53. The van der Waals surface area contributed by atoms with Crippen molar-refractivity contribution < 1.29 is 22.8 Å². The van der Waals surface area contributed by atoms with E-state index in [2.05, 4.69) is 0 Å². The standard InChI is InChI=1S/C10H3ClF3NO2/c11-9(17)7-1-5(3-15)8(10(12,13)14)2-6(7)4-16/h1-2,4H. The van der Waals surface area contributed by atoms with E-state index in [0.717, 1.165) is 0 Å². The molecule has 0 aliphatic heterocycles. The smallest absolute Gasteiger partial charge is 0.298 e. The highest BCUT2D eigenvalue weighted by Crippen LogP contribution is 2.33. The van der Waals surface area contributed by atoms with Crippen molar-refractivity contribution in [1.29, 1.82) is 5.26 Å². The molecule has 3 nitrogen and oxygen atoms in total.